The number of rotatable bonds is 3. The van der Waals surface area contributed by atoms with Crippen LogP contribution in [-0.4, -0.2) is 12.6 Å². The molecule has 0 aliphatic heterocycles. The minimum atomic E-state index is 0.0529. The maximum atomic E-state index is 6.21. The van der Waals surface area contributed by atoms with Crippen molar-refractivity contribution >= 4 is 10.8 Å². The largest absolute Gasteiger partial charge is 0.497 e. The van der Waals surface area contributed by atoms with E-state index < -0.39 is 0 Å². The molecule has 1 aliphatic rings. The molecule has 1 fully saturated rings. The van der Waals surface area contributed by atoms with Gasteiger partial charge in [-0.25, -0.2) is 0 Å². The van der Waals surface area contributed by atoms with E-state index in [-0.39, 0.29) is 5.54 Å². The van der Waals surface area contributed by atoms with Gasteiger partial charge in [-0.1, -0.05) is 24.3 Å². The second-order valence-corrected chi connectivity index (χ2v) is 5.04. The van der Waals surface area contributed by atoms with Gasteiger partial charge in [-0.05, 0) is 47.7 Å². The molecule has 2 N–H and O–H groups in total. The number of ether oxygens (including phenoxy) is 1. The Balaban J connectivity index is 2.09. The van der Waals surface area contributed by atoms with Gasteiger partial charge in [0.05, 0.1) is 7.11 Å². The number of nitrogens with two attached hydrogens (primary N) is 1. The molecule has 0 bridgehead atoms. The summed E-state index contributed by atoms with van der Waals surface area (Å²) < 4.78 is 5.29. The quantitative estimate of drug-likeness (QED) is 0.875. The van der Waals surface area contributed by atoms with Crippen molar-refractivity contribution < 1.29 is 4.74 Å². The molecule has 88 valence electrons. The summed E-state index contributed by atoms with van der Waals surface area (Å²) in [5.41, 5.74) is 7.60. The summed E-state index contributed by atoms with van der Waals surface area (Å²) in [7, 11) is 1.70. The van der Waals surface area contributed by atoms with Crippen molar-refractivity contribution in [3.63, 3.8) is 0 Å². The molecule has 2 nitrogen and oxygen atoms in total. The summed E-state index contributed by atoms with van der Waals surface area (Å²) >= 11 is 0. The van der Waals surface area contributed by atoms with Gasteiger partial charge < -0.3 is 10.5 Å². The molecule has 0 saturated heterocycles. The SMILES string of the molecule is COc1ccc2cccc(CC3(N)CC3)c2c1. The number of benzene rings is 2. The first-order valence-electron chi connectivity index (χ1n) is 6.05. The Morgan fingerprint density at radius 3 is 2.76 bits per heavy atom. The van der Waals surface area contributed by atoms with Crippen LogP contribution in [0, 0.1) is 0 Å². The van der Waals surface area contributed by atoms with Crippen molar-refractivity contribution in [2.45, 2.75) is 24.8 Å². The van der Waals surface area contributed by atoms with Gasteiger partial charge in [0.1, 0.15) is 5.75 Å². The van der Waals surface area contributed by atoms with Crippen LogP contribution in [0.25, 0.3) is 10.8 Å². The molecule has 1 saturated carbocycles. The number of hydrogen-bond donors (Lipinski definition) is 1. The van der Waals surface area contributed by atoms with E-state index in [1.165, 1.54) is 16.3 Å². The van der Waals surface area contributed by atoms with E-state index in [4.69, 9.17) is 10.5 Å². The molecule has 0 atom stereocenters. The van der Waals surface area contributed by atoms with Gasteiger partial charge in [-0.2, -0.15) is 0 Å². The molecule has 2 heteroatoms. The summed E-state index contributed by atoms with van der Waals surface area (Å²) in [6.07, 6.45) is 3.26. The molecular weight excluding hydrogens is 210 g/mol. The first-order valence-corrected chi connectivity index (χ1v) is 6.05. The highest BCUT2D eigenvalue weighted by Crippen LogP contribution is 2.37. The fourth-order valence-electron chi connectivity index (χ4n) is 2.31. The Bertz CT molecular complexity index is 558. The number of hydrogen-bond acceptors (Lipinski definition) is 2. The van der Waals surface area contributed by atoms with Crippen LogP contribution in [0.1, 0.15) is 18.4 Å². The first-order chi connectivity index (χ1) is 8.20. The topological polar surface area (TPSA) is 35.2 Å². The van der Waals surface area contributed by atoms with E-state index in [0.717, 1.165) is 25.0 Å². The Morgan fingerprint density at radius 1 is 1.24 bits per heavy atom. The lowest BCUT2D eigenvalue weighted by Crippen LogP contribution is -2.24. The van der Waals surface area contributed by atoms with E-state index in [1.54, 1.807) is 7.11 Å². The lowest BCUT2D eigenvalue weighted by atomic mass is 9.98. The summed E-state index contributed by atoms with van der Waals surface area (Å²) in [6.45, 7) is 0. The molecule has 2 aromatic carbocycles. The third kappa shape index (κ3) is 2.01. The van der Waals surface area contributed by atoms with Gasteiger partial charge in [0.15, 0.2) is 0 Å². The fourth-order valence-corrected chi connectivity index (χ4v) is 2.31. The normalized spacial score (nSPS) is 17.1. The highest BCUT2D eigenvalue weighted by molar-refractivity contribution is 5.87. The van der Waals surface area contributed by atoms with Gasteiger partial charge in [0.2, 0.25) is 0 Å². The molecule has 0 unspecified atom stereocenters. The first kappa shape index (κ1) is 10.6. The second kappa shape index (κ2) is 3.74. The predicted molar refractivity (Wildman–Crippen MR) is 70.4 cm³/mol. The minimum Gasteiger partial charge on any atom is -0.497 e. The zero-order valence-electron chi connectivity index (χ0n) is 10.1. The molecule has 17 heavy (non-hydrogen) atoms. The van der Waals surface area contributed by atoms with Crippen molar-refractivity contribution in [1.29, 1.82) is 0 Å². The zero-order chi connectivity index (χ0) is 11.9. The maximum Gasteiger partial charge on any atom is 0.119 e. The second-order valence-electron chi connectivity index (χ2n) is 5.04. The van der Waals surface area contributed by atoms with Crippen LogP contribution < -0.4 is 10.5 Å². The van der Waals surface area contributed by atoms with E-state index >= 15 is 0 Å². The van der Waals surface area contributed by atoms with E-state index in [2.05, 4.69) is 30.3 Å². The molecule has 2 aromatic rings. The van der Waals surface area contributed by atoms with E-state index in [1.807, 2.05) is 6.07 Å². The summed E-state index contributed by atoms with van der Waals surface area (Å²) in [6, 6.07) is 12.6. The van der Waals surface area contributed by atoms with Crippen LogP contribution in [0.2, 0.25) is 0 Å². The molecule has 0 aromatic heterocycles. The monoisotopic (exact) mass is 227 g/mol. The fraction of sp³-hybridized carbons (Fsp3) is 0.333. The van der Waals surface area contributed by atoms with Crippen molar-refractivity contribution in [3.05, 3.63) is 42.0 Å². The Morgan fingerprint density at radius 2 is 2.06 bits per heavy atom. The van der Waals surface area contributed by atoms with Gasteiger partial charge in [-0.3, -0.25) is 0 Å². The number of fused-ring (bicyclic) bond motifs is 1. The van der Waals surface area contributed by atoms with Crippen molar-refractivity contribution in [3.8, 4) is 5.75 Å². The van der Waals surface area contributed by atoms with E-state index in [9.17, 15) is 0 Å². The summed E-state index contributed by atoms with van der Waals surface area (Å²) in [5.74, 6) is 0.909. The average Bonchev–Trinajstić information content (AvgIpc) is 3.07. The van der Waals surface area contributed by atoms with Crippen LogP contribution in [0.15, 0.2) is 36.4 Å². The Labute approximate surface area is 101 Å². The van der Waals surface area contributed by atoms with Gasteiger partial charge in [-0.15, -0.1) is 0 Å². The highest BCUT2D eigenvalue weighted by atomic mass is 16.5. The Hall–Kier alpha value is -1.54. The number of methoxy groups -OCH3 is 1. The van der Waals surface area contributed by atoms with Crippen molar-refractivity contribution in [2.24, 2.45) is 5.73 Å². The molecule has 1 aliphatic carbocycles. The Kier molecular flexibility index (Phi) is 2.33. The van der Waals surface area contributed by atoms with Gasteiger partial charge >= 0.3 is 0 Å². The average molecular weight is 227 g/mol. The van der Waals surface area contributed by atoms with Gasteiger partial charge in [0, 0.05) is 5.54 Å². The maximum absolute atomic E-state index is 6.21. The smallest absolute Gasteiger partial charge is 0.119 e. The van der Waals surface area contributed by atoms with Gasteiger partial charge in [0.25, 0.3) is 0 Å². The minimum absolute atomic E-state index is 0.0529. The third-order valence-electron chi connectivity index (χ3n) is 3.61. The lowest BCUT2D eigenvalue weighted by Gasteiger charge is -2.12. The predicted octanol–water partition coefficient (Wildman–Crippen LogP) is 2.88. The standard InChI is InChI=1S/C15H17NO/c1-17-13-6-5-11-3-2-4-12(14(11)9-13)10-15(16)7-8-15/h2-6,9H,7-8,10,16H2,1H3. The highest BCUT2D eigenvalue weighted by Gasteiger charge is 2.38. The third-order valence-corrected chi connectivity index (χ3v) is 3.61. The van der Waals surface area contributed by atoms with Crippen LogP contribution in [0.5, 0.6) is 5.75 Å². The lowest BCUT2D eigenvalue weighted by molar-refractivity contribution is 0.415. The summed E-state index contributed by atoms with van der Waals surface area (Å²) in [4.78, 5) is 0. The molecule has 0 heterocycles. The zero-order valence-corrected chi connectivity index (χ0v) is 10.1. The van der Waals surface area contributed by atoms with Crippen LogP contribution in [-0.2, 0) is 6.42 Å². The van der Waals surface area contributed by atoms with E-state index in [0.29, 0.717) is 0 Å². The molecule has 0 radical (unpaired) electrons. The van der Waals surface area contributed by atoms with Crippen molar-refractivity contribution in [2.75, 3.05) is 7.11 Å². The summed E-state index contributed by atoms with van der Waals surface area (Å²) in [5, 5.41) is 2.52. The molecular formula is C15H17NO. The molecule has 0 amide bonds. The molecule has 3 rings (SSSR count). The van der Waals surface area contributed by atoms with Crippen LogP contribution in [0.4, 0.5) is 0 Å². The van der Waals surface area contributed by atoms with Crippen LogP contribution in [0.3, 0.4) is 0 Å². The van der Waals surface area contributed by atoms with Crippen LogP contribution >= 0.6 is 0 Å². The van der Waals surface area contributed by atoms with Crippen molar-refractivity contribution in [1.82, 2.24) is 0 Å². The molecule has 0 spiro atoms.